The average Bonchev–Trinajstić information content (AvgIpc) is 2.58. The summed E-state index contributed by atoms with van der Waals surface area (Å²) in [6.45, 7) is 6.00. The summed E-state index contributed by atoms with van der Waals surface area (Å²) in [7, 11) is 0. The lowest BCUT2D eigenvalue weighted by atomic mass is 10.2. The molecule has 0 aliphatic carbocycles. The molecule has 0 unspecified atom stereocenters. The SMILES string of the molecule is Cc1cccc(NC(=O)c2cc(C)sc2C)c1. The summed E-state index contributed by atoms with van der Waals surface area (Å²) in [4.78, 5) is 14.3. The molecule has 17 heavy (non-hydrogen) atoms. The molecule has 3 heteroatoms. The molecule has 0 bridgehead atoms. The van der Waals surface area contributed by atoms with Gasteiger partial charge in [-0.1, -0.05) is 12.1 Å². The fourth-order valence-electron chi connectivity index (χ4n) is 1.78. The van der Waals surface area contributed by atoms with Crippen molar-refractivity contribution in [2.24, 2.45) is 0 Å². The van der Waals surface area contributed by atoms with Crippen molar-refractivity contribution in [2.75, 3.05) is 5.32 Å². The molecule has 1 N–H and O–H groups in total. The first-order valence-corrected chi connectivity index (χ1v) is 6.33. The maximum atomic E-state index is 12.1. The molecule has 0 atom stereocenters. The lowest BCUT2D eigenvalue weighted by Gasteiger charge is -2.05. The maximum Gasteiger partial charge on any atom is 0.256 e. The van der Waals surface area contributed by atoms with Crippen molar-refractivity contribution in [2.45, 2.75) is 20.8 Å². The Balaban J connectivity index is 2.20. The first-order valence-electron chi connectivity index (χ1n) is 5.51. The zero-order chi connectivity index (χ0) is 12.4. The van der Waals surface area contributed by atoms with E-state index in [4.69, 9.17) is 0 Å². The second kappa shape index (κ2) is 4.72. The summed E-state index contributed by atoms with van der Waals surface area (Å²) in [6, 6.07) is 9.75. The predicted molar refractivity (Wildman–Crippen MR) is 72.9 cm³/mol. The summed E-state index contributed by atoms with van der Waals surface area (Å²) in [5, 5.41) is 2.92. The molecule has 0 radical (unpaired) electrons. The zero-order valence-corrected chi connectivity index (χ0v) is 11.0. The van der Waals surface area contributed by atoms with Crippen LogP contribution in [0.25, 0.3) is 0 Å². The Hall–Kier alpha value is -1.61. The number of aryl methyl sites for hydroxylation is 3. The Morgan fingerprint density at radius 3 is 2.53 bits per heavy atom. The van der Waals surface area contributed by atoms with Crippen LogP contribution >= 0.6 is 11.3 Å². The van der Waals surface area contributed by atoms with Gasteiger partial charge >= 0.3 is 0 Å². The van der Waals surface area contributed by atoms with Crippen molar-refractivity contribution in [3.63, 3.8) is 0 Å². The fourth-order valence-corrected chi connectivity index (χ4v) is 2.70. The van der Waals surface area contributed by atoms with Crippen LogP contribution in [-0.4, -0.2) is 5.91 Å². The lowest BCUT2D eigenvalue weighted by Crippen LogP contribution is -2.11. The van der Waals surface area contributed by atoms with E-state index in [1.807, 2.05) is 51.1 Å². The quantitative estimate of drug-likeness (QED) is 0.853. The van der Waals surface area contributed by atoms with Crippen molar-refractivity contribution in [3.8, 4) is 0 Å². The molecule has 2 nitrogen and oxygen atoms in total. The lowest BCUT2D eigenvalue weighted by molar-refractivity contribution is 0.102. The molecule has 0 aliphatic rings. The van der Waals surface area contributed by atoms with Crippen molar-refractivity contribution in [1.82, 2.24) is 0 Å². The van der Waals surface area contributed by atoms with Crippen LogP contribution in [0.5, 0.6) is 0 Å². The van der Waals surface area contributed by atoms with Crippen LogP contribution in [0.4, 0.5) is 5.69 Å². The number of benzene rings is 1. The Morgan fingerprint density at radius 2 is 1.94 bits per heavy atom. The second-order valence-electron chi connectivity index (χ2n) is 4.15. The highest BCUT2D eigenvalue weighted by atomic mass is 32.1. The monoisotopic (exact) mass is 245 g/mol. The van der Waals surface area contributed by atoms with Crippen LogP contribution in [0.15, 0.2) is 30.3 Å². The first kappa shape index (κ1) is 11.9. The first-order chi connectivity index (χ1) is 8.06. The largest absolute Gasteiger partial charge is 0.322 e. The molecule has 1 heterocycles. The topological polar surface area (TPSA) is 29.1 Å². The normalized spacial score (nSPS) is 10.3. The molecule has 1 aromatic heterocycles. The van der Waals surface area contributed by atoms with Gasteiger partial charge in [-0.15, -0.1) is 11.3 Å². The van der Waals surface area contributed by atoms with E-state index in [1.54, 1.807) is 11.3 Å². The van der Waals surface area contributed by atoms with Crippen LogP contribution in [0.3, 0.4) is 0 Å². The molecule has 2 rings (SSSR count). The number of nitrogens with one attached hydrogen (secondary N) is 1. The van der Waals surface area contributed by atoms with Crippen molar-refractivity contribution in [1.29, 1.82) is 0 Å². The minimum absolute atomic E-state index is 0.0301. The highest BCUT2D eigenvalue weighted by Crippen LogP contribution is 2.21. The average molecular weight is 245 g/mol. The van der Waals surface area contributed by atoms with E-state index in [-0.39, 0.29) is 5.91 Å². The molecular formula is C14H15NOS. The Morgan fingerprint density at radius 1 is 1.18 bits per heavy atom. The molecule has 88 valence electrons. The number of rotatable bonds is 2. The second-order valence-corrected chi connectivity index (χ2v) is 5.61. The highest BCUT2D eigenvalue weighted by molar-refractivity contribution is 7.12. The molecule has 0 saturated heterocycles. The molecule has 0 spiro atoms. The number of hydrogen-bond acceptors (Lipinski definition) is 2. The number of hydrogen-bond donors (Lipinski definition) is 1. The predicted octanol–water partition coefficient (Wildman–Crippen LogP) is 3.93. The standard InChI is InChI=1S/C14H15NOS/c1-9-5-4-6-12(7-9)15-14(16)13-8-10(2)17-11(13)3/h4-8H,1-3H3,(H,15,16). The smallest absolute Gasteiger partial charge is 0.256 e. The van der Waals surface area contributed by atoms with Gasteiger partial charge in [0.15, 0.2) is 0 Å². The van der Waals surface area contributed by atoms with Crippen molar-refractivity contribution < 1.29 is 4.79 Å². The molecule has 0 fully saturated rings. The summed E-state index contributed by atoms with van der Waals surface area (Å²) in [5.41, 5.74) is 2.76. The van der Waals surface area contributed by atoms with Crippen LogP contribution in [0.2, 0.25) is 0 Å². The number of carbonyl (C=O) groups is 1. The van der Waals surface area contributed by atoms with Crippen molar-refractivity contribution in [3.05, 3.63) is 51.2 Å². The van der Waals surface area contributed by atoms with Gasteiger partial charge in [0, 0.05) is 15.4 Å². The van der Waals surface area contributed by atoms with E-state index in [0.717, 1.165) is 26.6 Å². The Labute approximate surface area is 105 Å². The van der Waals surface area contributed by atoms with Gasteiger partial charge < -0.3 is 5.32 Å². The van der Waals surface area contributed by atoms with Crippen molar-refractivity contribution >= 4 is 22.9 Å². The highest BCUT2D eigenvalue weighted by Gasteiger charge is 2.11. The van der Waals surface area contributed by atoms with E-state index in [1.165, 1.54) is 0 Å². The third-order valence-corrected chi connectivity index (χ3v) is 3.53. The summed E-state index contributed by atoms with van der Waals surface area (Å²) < 4.78 is 0. The van der Waals surface area contributed by atoms with E-state index in [2.05, 4.69) is 5.32 Å². The van der Waals surface area contributed by atoms with E-state index in [9.17, 15) is 4.79 Å². The molecule has 0 aliphatic heterocycles. The summed E-state index contributed by atoms with van der Waals surface area (Å²) in [5.74, 6) is -0.0301. The van der Waals surface area contributed by atoms with Gasteiger partial charge in [0.2, 0.25) is 0 Å². The minimum Gasteiger partial charge on any atom is -0.322 e. The maximum absolute atomic E-state index is 12.1. The van der Waals surface area contributed by atoms with Gasteiger partial charge in [0.25, 0.3) is 5.91 Å². The van der Waals surface area contributed by atoms with Gasteiger partial charge in [-0.05, 0) is 44.5 Å². The molecular weight excluding hydrogens is 230 g/mol. The van der Waals surface area contributed by atoms with Gasteiger partial charge in [0.05, 0.1) is 5.56 Å². The Kier molecular flexibility index (Phi) is 3.29. The number of thiophene rings is 1. The van der Waals surface area contributed by atoms with E-state index in [0.29, 0.717) is 0 Å². The zero-order valence-electron chi connectivity index (χ0n) is 10.2. The molecule has 0 saturated carbocycles. The van der Waals surface area contributed by atoms with Crippen LogP contribution in [0, 0.1) is 20.8 Å². The van der Waals surface area contributed by atoms with Crippen LogP contribution < -0.4 is 5.32 Å². The van der Waals surface area contributed by atoms with Crippen LogP contribution in [0.1, 0.15) is 25.7 Å². The van der Waals surface area contributed by atoms with Gasteiger partial charge in [0.1, 0.15) is 0 Å². The third kappa shape index (κ3) is 2.74. The third-order valence-electron chi connectivity index (χ3n) is 2.56. The molecule has 1 amide bonds. The van der Waals surface area contributed by atoms with Crippen LogP contribution in [-0.2, 0) is 0 Å². The van der Waals surface area contributed by atoms with Gasteiger partial charge in [-0.25, -0.2) is 0 Å². The van der Waals surface area contributed by atoms with E-state index >= 15 is 0 Å². The molecule has 1 aromatic carbocycles. The van der Waals surface area contributed by atoms with Gasteiger partial charge in [-0.3, -0.25) is 4.79 Å². The number of anilines is 1. The van der Waals surface area contributed by atoms with E-state index < -0.39 is 0 Å². The molecule has 2 aromatic rings. The van der Waals surface area contributed by atoms with Gasteiger partial charge in [-0.2, -0.15) is 0 Å². The number of carbonyl (C=O) groups excluding carboxylic acids is 1. The minimum atomic E-state index is -0.0301. The summed E-state index contributed by atoms with van der Waals surface area (Å²) >= 11 is 1.65. The Bertz CT molecular complexity index is 557. The number of amides is 1. The fraction of sp³-hybridized carbons (Fsp3) is 0.214. The summed E-state index contributed by atoms with van der Waals surface area (Å²) in [6.07, 6.45) is 0.